The van der Waals surface area contributed by atoms with Crippen LogP contribution in [0.25, 0.3) is 0 Å². The molecule has 0 aromatic rings. The molecule has 0 aliphatic carbocycles. The van der Waals surface area contributed by atoms with Crippen molar-refractivity contribution in [1.82, 2.24) is 0 Å². The fourth-order valence-electron chi connectivity index (χ4n) is 0.0292. The molecule has 0 aromatic carbocycles. The number of halogens is 3. The van der Waals surface area contributed by atoms with Gasteiger partial charge < -0.3 is 0 Å². The predicted octanol–water partition coefficient (Wildman–Crippen LogP) is 3.01. The summed E-state index contributed by atoms with van der Waals surface area (Å²) < 4.78 is 1.11. The Hall–Kier alpha value is 1.18. The molecule has 0 aliphatic heterocycles. The number of hydrogen-bond acceptors (Lipinski definition) is 0. The molecule has 0 spiro atoms. The summed E-state index contributed by atoms with van der Waals surface area (Å²) in [7, 11) is 0. The molecule has 0 nitrogen and oxygen atoms in total. The Morgan fingerprint density at radius 1 is 1.67 bits per heavy atom. The van der Waals surface area contributed by atoms with E-state index in [0.717, 1.165) is 9.81 Å². The van der Waals surface area contributed by atoms with Crippen LogP contribution in [0.3, 0.4) is 0 Å². The van der Waals surface area contributed by atoms with Crippen molar-refractivity contribution in [2.75, 3.05) is 5.33 Å². The second-order valence-electron chi connectivity index (χ2n) is 0.690. The quantitative estimate of drug-likeness (QED) is 0.647. The van der Waals surface area contributed by atoms with Crippen LogP contribution in [0.4, 0.5) is 0 Å². The van der Waals surface area contributed by atoms with Gasteiger partial charge in [-0.25, -0.2) is 0 Å². The largest absolute Gasteiger partial charge is 0.0870 e. The Morgan fingerprint density at radius 2 is 2.17 bits per heavy atom. The van der Waals surface area contributed by atoms with Crippen LogP contribution in [0.1, 0.15) is 0 Å². The first-order valence-electron chi connectivity index (χ1n) is 1.32. The van der Waals surface area contributed by atoms with Gasteiger partial charge in [-0.05, 0) is 4.99 Å². The molecule has 0 heterocycles. The highest BCUT2D eigenvalue weighted by Crippen LogP contribution is 2.09. The van der Waals surface area contributed by atoms with Crippen LogP contribution in [0.15, 0.2) is 9.47 Å². The van der Waals surface area contributed by atoms with E-state index in [1.165, 1.54) is 0 Å². The molecular formula is C3H3Br3. The van der Waals surface area contributed by atoms with Crippen molar-refractivity contribution in [2.24, 2.45) is 0 Å². The maximum absolute atomic E-state index is 3.24. The van der Waals surface area contributed by atoms with Gasteiger partial charge in [0.25, 0.3) is 0 Å². The standard InChI is InChI=1S/C3H3Br3/c4-1-3(6)2-5/h1H,2H2. The lowest BCUT2D eigenvalue weighted by Crippen LogP contribution is -1.61. The van der Waals surface area contributed by atoms with Gasteiger partial charge in [0.15, 0.2) is 0 Å². The fourth-order valence-corrected chi connectivity index (χ4v) is 0.787. The van der Waals surface area contributed by atoms with E-state index in [4.69, 9.17) is 0 Å². The molecule has 0 N–H and O–H groups in total. The number of hydrogen-bond donors (Lipinski definition) is 0. The van der Waals surface area contributed by atoms with Crippen LogP contribution >= 0.6 is 47.8 Å². The van der Waals surface area contributed by atoms with E-state index in [1.807, 2.05) is 4.99 Å². The van der Waals surface area contributed by atoms with E-state index < -0.39 is 0 Å². The van der Waals surface area contributed by atoms with Gasteiger partial charge in [-0.1, -0.05) is 47.8 Å². The minimum Gasteiger partial charge on any atom is -0.0870 e. The minimum atomic E-state index is 0.873. The fraction of sp³-hybridized carbons (Fsp3) is 0.333. The lowest BCUT2D eigenvalue weighted by atomic mass is 10.8. The zero-order valence-corrected chi connectivity index (χ0v) is 7.68. The summed E-state index contributed by atoms with van der Waals surface area (Å²) in [5.74, 6) is 0. The van der Waals surface area contributed by atoms with Gasteiger partial charge in [-0.15, -0.1) is 0 Å². The maximum atomic E-state index is 3.24. The third-order valence-electron chi connectivity index (χ3n) is 0.246. The molecule has 0 saturated carbocycles. The van der Waals surface area contributed by atoms with Crippen molar-refractivity contribution >= 4 is 47.8 Å². The topological polar surface area (TPSA) is 0 Å². The van der Waals surface area contributed by atoms with Crippen LogP contribution in [-0.2, 0) is 0 Å². The summed E-state index contributed by atoms with van der Waals surface area (Å²) in [6.07, 6.45) is 0. The van der Waals surface area contributed by atoms with Crippen molar-refractivity contribution in [2.45, 2.75) is 0 Å². The van der Waals surface area contributed by atoms with E-state index in [-0.39, 0.29) is 0 Å². The van der Waals surface area contributed by atoms with Gasteiger partial charge in [0.1, 0.15) is 0 Å². The molecule has 0 aliphatic rings. The maximum Gasteiger partial charge on any atom is 0.0354 e. The molecule has 0 rings (SSSR count). The highest BCUT2D eigenvalue weighted by molar-refractivity contribution is 9.15. The smallest absolute Gasteiger partial charge is 0.0354 e. The van der Waals surface area contributed by atoms with Crippen molar-refractivity contribution in [1.29, 1.82) is 0 Å². The Morgan fingerprint density at radius 3 is 2.17 bits per heavy atom. The zero-order chi connectivity index (χ0) is 4.99. The molecule has 0 unspecified atom stereocenters. The molecule has 0 atom stereocenters. The van der Waals surface area contributed by atoms with Crippen LogP contribution in [0.2, 0.25) is 0 Å². The van der Waals surface area contributed by atoms with Crippen molar-refractivity contribution in [3.8, 4) is 0 Å². The normalized spacial score (nSPS) is 12.2. The molecule has 0 saturated heterocycles. The summed E-state index contributed by atoms with van der Waals surface area (Å²) in [4.78, 5) is 1.82. The summed E-state index contributed by atoms with van der Waals surface area (Å²) >= 11 is 9.61. The third-order valence-corrected chi connectivity index (χ3v) is 3.28. The summed E-state index contributed by atoms with van der Waals surface area (Å²) in [5.41, 5.74) is 0. The SMILES string of the molecule is BrC=C(Br)CBr. The summed E-state index contributed by atoms with van der Waals surface area (Å²) in [6.45, 7) is 0. The minimum absolute atomic E-state index is 0.873. The van der Waals surface area contributed by atoms with Crippen LogP contribution in [0.5, 0.6) is 0 Å². The van der Waals surface area contributed by atoms with Gasteiger partial charge in [0.05, 0.1) is 0 Å². The molecule has 0 fully saturated rings. The first-order chi connectivity index (χ1) is 2.81. The summed E-state index contributed by atoms with van der Waals surface area (Å²) in [5, 5.41) is 0.873. The number of rotatable bonds is 1. The third kappa shape index (κ3) is 3.37. The molecule has 6 heavy (non-hydrogen) atoms. The highest BCUT2D eigenvalue weighted by atomic mass is 79.9. The molecule has 0 radical (unpaired) electrons. The molecular weight excluding hydrogens is 276 g/mol. The second-order valence-corrected chi connectivity index (χ2v) is 2.73. The van der Waals surface area contributed by atoms with Crippen LogP contribution in [0, 0.1) is 0 Å². The molecule has 0 amide bonds. The average molecular weight is 279 g/mol. The number of alkyl halides is 1. The van der Waals surface area contributed by atoms with Crippen molar-refractivity contribution < 1.29 is 0 Å². The molecule has 0 aromatic heterocycles. The van der Waals surface area contributed by atoms with Crippen LogP contribution in [-0.4, -0.2) is 5.33 Å². The first kappa shape index (κ1) is 7.18. The first-order valence-corrected chi connectivity index (χ1v) is 4.15. The monoisotopic (exact) mass is 276 g/mol. The van der Waals surface area contributed by atoms with Crippen molar-refractivity contribution in [3.63, 3.8) is 0 Å². The van der Waals surface area contributed by atoms with E-state index >= 15 is 0 Å². The average Bonchev–Trinajstić information content (AvgIpc) is 1.65. The van der Waals surface area contributed by atoms with E-state index in [9.17, 15) is 0 Å². The van der Waals surface area contributed by atoms with Gasteiger partial charge in [-0.2, -0.15) is 0 Å². The zero-order valence-electron chi connectivity index (χ0n) is 2.92. The highest BCUT2D eigenvalue weighted by Gasteiger charge is 1.78. The molecule has 0 bridgehead atoms. The van der Waals surface area contributed by atoms with Crippen molar-refractivity contribution in [3.05, 3.63) is 9.47 Å². The predicted molar refractivity (Wildman–Crippen MR) is 39.7 cm³/mol. The van der Waals surface area contributed by atoms with E-state index in [2.05, 4.69) is 47.8 Å². The van der Waals surface area contributed by atoms with Gasteiger partial charge in [-0.3, -0.25) is 0 Å². The van der Waals surface area contributed by atoms with E-state index in [0.29, 0.717) is 0 Å². The Kier molecular flexibility index (Phi) is 5.20. The van der Waals surface area contributed by atoms with Gasteiger partial charge in [0.2, 0.25) is 0 Å². The summed E-state index contributed by atoms with van der Waals surface area (Å²) in [6, 6.07) is 0. The Bertz CT molecular complexity index is 57.1. The molecule has 36 valence electrons. The lowest BCUT2D eigenvalue weighted by Gasteiger charge is -1.79. The Labute approximate surface area is 62.4 Å². The van der Waals surface area contributed by atoms with Crippen LogP contribution < -0.4 is 0 Å². The van der Waals surface area contributed by atoms with Gasteiger partial charge in [0, 0.05) is 9.81 Å². The second kappa shape index (κ2) is 4.34. The van der Waals surface area contributed by atoms with E-state index in [1.54, 1.807) is 0 Å². The Balaban J connectivity index is 3.22. The molecule has 3 heteroatoms. The lowest BCUT2D eigenvalue weighted by molar-refractivity contribution is 1.81. The van der Waals surface area contributed by atoms with Gasteiger partial charge >= 0.3 is 0 Å². The number of allylic oxidation sites excluding steroid dienone is 1.